The first-order valence-corrected chi connectivity index (χ1v) is 4.17. The van der Waals surface area contributed by atoms with Gasteiger partial charge in [0, 0.05) is 17.0 Å². The van der Waals surface area contributed by atoms with Gasteiger partial charge >= 0.3 is 0 Å². The third kappa shape index (κ3) is 1.21. The van der Waals surface area contributed by atoms with Crippen LogP contribution < -0.4 is 16.0 Å². The van der Waals surface area contributed by atoms with Crippen LogP contribution in [-0.4, -0.2) is 12.1 Å². The van der Waals surface area contributed by atoms with Crippen molar-refractivity contribution in [3.05, 3.63) is 34.7 Å². The highest BCUT2D eigenvalue weighted by Crippen LogP contribution is 2.21. The first-order chi connectivity index (χ1) is 6.72. The molecule has 0 fully saturated rings. The quantitative estimate of drug-likeness (QED) is 0.708. The SMILES string of the molecule is COc1ccc2c(=O)[nH]cc(N)c2c1. The summed E-state index contributed by atoms with van der Waals surface area (Å²) in [6, 6.07) is 5.18. The summed E-state index contributed by atoms with van der Waals surface area (Å²) >= 11 is 0. The maximum Gasteiger partial charge on any atom is 0.255 e. The maximum absolute atomic E-state index is 11.4. The Balaban J connectivity index is 2.87. The number of anilines is 1. The summed E-state index contributed by atoms with van der Waals surface area (Å²) in [5.41, 5.74) is 6.12. The molecule has 0 radical (unpaired) electrons. The molecule has 0 atom stereocenters. The molecule has 1 aromatic heterocycles. The fraction of sp³-hybridized carbons (Fsp3) is 0.100. The number of hydrogen-bond donors (Lipinski definition) is 2. The molecule has 0 amide bonds. The highest BCUT2D eigenvalue weighted by molar-refractivity contribution is 5.92. The van der Waals surface area contributed by atoms with Gasteiger partial charge in [0.2, 0.25) is 0 Å². The lowest BCUT2D eigenvalue weighted by molar-refractivity contribution is 0.415. The number of aromatic nitrogens is 1. The second kappa shape index (κ2) is 3.06. The van der Waals surface area contributed by atoms with Crippen LogP contribution in [-0.2, 0) is 0 Å². The molecule has 0 aliphatic carbocycles. The zero-order chi connectivity index (χ0) is 10.1. The van der Waals surface area contributed by atoms with E-state index in [2.05, 4.69) is 4.98 Å². The molecule has 0 bridgehead atoms. The predicted octanol–water partition coefficient (Wildman–Crippen LogP) is 1.12. The van der Waals surface area contributed by atoms with Crippen molar-refractivity contribution in [1.29, 1.82) is 0 Å². The molecule has 4 nitrogen and oxygen atoms in total. The highest BCUT2D eigenvalue weighted by Gasteiger charge is 2.02. The fourth-order valence-corrected chi connectivity index (χ4v) is 1.39. The number of rotatable bonds is 1. The molecule has 2 rings (SSSR count). The van der Waals surface area contributed by atoms with Crippen LogP contribution in [0.5, 0.6) is 5.75 Å². The topological polar surface area (TPSA) is 68.1 Å². The van der Waals surface area contributed by atoms with E-state index in [4.69, 9.17) is 10.5 Å². The van der Waals surface area contributed by atoms with Crippen LogP contribution in [0.2, 0.25) is 0 Å². The number of methoxy groups -OCH3 is 1. The minimum Gasteiger partial charge on any atom is -0.497 e. The van der Waals surface area contributed by atoms with E-state index in [-0.39, 0.29) is 5.56 Å². The van der Waals surface area contributed by atoms with Gasteiger partial charge in [0.15, 0.2) is 0 Å². The Hall–Kier alpha value is -1.97. The van der Waals surface area contributed by atoms with Crippen molar-refractivity contribution in [2.24, 2.45) is 0 Å². The Morgan fingerprint density at radius 1 is 1.36 bits per heavy atom. The third-order valence-electron chi connectivity index (χ3n) is 2.14. The summed E-state index contributed by atoms with van der Waals surface area (Å²) in [5, 5.41) is 1.29. The lowest BCUT2D eigenvalue weighted by atomic mass is 10.1. The summed E-state index contributed by atoms with van der Waals surface area (Å²) in [5.74, 6) is 0.690. The smallest absolute Gasteiger partial charge is 0.255 e. The van der Waals surface area contributed by atoms with Crippen molar-refractivity contribution in [2.75, 3.05) is 12.8 Å². The van der Waals surface area contributed by atoms with Crippen LogP contribution in [0, 0.1) is 0 Å². The predicted molar refractivity (Wildman–Crippen MR) is 55.5 cm³/mol. The molecule has 2 aromatic rings. The summed E-state index contributed by atoms with van der Waals surface area (Å²) in [6.45, 7) is 0. The van der Waals surface area contributed by atoms with E-state index < -0.39 is 0 Å². The molecule has 1 aromatic carbocycles. The van der Waals surface area contributed by atoms with Gasteiger partial charge in [-0.05, 0) is 18.2 Å². The Bertz CT molecular complexity index is 531. The molecule has 1 heterocycles. The molecular weight excluding hydrogens is 180 g/mol. The molecule has 3 N–H and O–H groups in total. The van der Waals surface area contributed by atoms with Gasteiger partial charge in [0.25, 0.3) is 5.56 Å². The fourth-order valence-electron chi connectivity index (χ4n) is 1.39. The van der Waals surface area contributed by atoms with Crippen LogP contribution in [0.15, 0.2) is 29.2 Å². The van der Waals surface area contributed by atoms with E-state index >= 15 is 0 Å². The molecule has 0 aliphatic rings. The maximum atomic E-state index is 11.4. The Kier molecular flexibility index (Phi) is 1.89. The van der Waals surface area contributed by atoms with Gasteiger partial charge in [-0.2, -0.15) is 0 Å². The van der Waals surface area contributed by atoms with E-state index in [0.717, 1.165) is 0 Å². The van der Waals surface area contributed by atoms with Gasteiger partial charge in [-0.15, -0.1) is 0 Å². The summed E-state index contributed by atoms with van der Waals surface area (Å²) in [6.07, 6.45) is 1.49. The Morgan fingerprint density at radius 3 is 2.86 bits per heavy atom. The number of fused-ring (bicyclic) bond motifs is 1. The van der Waals surface area contributed by atoms with Crippen molar-refractivity contribution in [3.8, 4) is 5.75 Å². The van der Waals surface area contributed by atoms with Gasteiger partial charge in [-0.1, -0.05) is 0 Å². The van der Waals surface area contributed by atoms with Crippen LogP contribution in [0.25, 0.3) is 10.8 Å². The van der Waals surface area contributed by atoms with E-state index in [1.807, 2.05) is 0 Å². The highest BCUT2D eigenvalue weighted by atomic mass is 16.5. The number of nitrogens with two attached hydrogens (primary N) is 1. The first-order valence-electron chi connectivity index (χ1n) is 4.17. The number of H-pyrrole nitrogens is 1. The minimum atomic E-state index is -0.142. The minimum absolute atomic E-state index is 0.142. The van der Waals surface area contributed by atoms with E-state index in [1.165, 1.54) is 6.20 Å². The van der Waals surface area contributed by atoms with Crippen LogP contribution >= 0.6 is 0 Å². The molecule has 72 valence electrons. The normalized spacial score (nSPS) is 10.4. The molecule has 0 unspecified atom stereocenters. The average molecular weight is 190 g/mol. The first kappa shape index (κ1) is 8.62. The largest absolute Gasteiger partial charge is 0.497 e. The third-order valence-corrected chi connectivity index (χ3v) is 2.14. The molecular formula is C10H10N2O2. The summed E-state index contributed by atoms with van der Waals surface area (Å²) in [4.78, 5) is 13.9. The van der Waals surface area contributed by atoms with Crippen LogP contribution in [0.4, 0.5) is 5.69 Å². The molecule has 0 saturated heterocycles. The van der Waals surface area contributed by atoms with E-state index in [9.17, 15) is 4.79 Å². The molecule has 0 aliphatic heterocycles. The van der Waals surface area contributed by atoms with Crippen molar-refractivity contribution < 1.29 is 4.74 Å². The zero-order valence-corrected chi connectivity index (χ0v) is 7.70. The summed E-state index contributed by atoms with van der Waals surface area (Å²) in [7, 11) is 1.57. The van der Waals surface area contributed by atoms with Crippen LogP contribution in [0.1, 0.15) is 0 Å². The molecule has 0 saturated carbocycles. The lowest BCUT2D eigenvalue weighted by Crippen LogP contribution is -2.06. The lowest BCUT2D eigenvalue weighted by Gasteiger charge is -2.03. The average Bonchev–Trinajstić information content (AvgIpc) is 2.23. The van der Waals surface area contributed by atoms with Crippen molar-refractivity contribution >= 4 is 16.5 Å². The molecule has 14 heavy (non-hydrogen) atoms. The van der Waals surface area contributed by atoms with Gasteiger partial charge in [0.05, 0.1) is 12.8 Å². The second-order valence-electron chi connectivity index (χ2n) is 2.98. The number of ether oxygens (including phenoxy) is 1. The molecule has 0 spiro atoms. The zero-order valence-electron chi connectivity index (χ0n) is 7.70. The van der Waals surface area contributed by atoms with Crippen molar-refractivity contribution in [1.82, 2.24) is 4.98 Å². The number of pyridine rings is 1. The summed E-state index contributed by atoms with van der Waals surface area (Å²) < 4.78 is 5.05. The van der Waals surface area contributed by atoms with Crippen LogP contribution in [0.3, 0.4) is 0 Å². The standard InChI is InChI=1S/C10H10N2O2/c1-14-6-2-3-7-8(4-6)9(11)5-12-10(7)13/h2-5H,11H2,1H3,(H,12,13). The number of nitrogen functional groups attached to an aromatic ring is 1. The van der Waals surface area contributed by atoms with Gasteiger partial charge in [-0.25, -0.2) is 0 Å². The monoisotopic (exact) mass is 190 g/mol. The number of benzene rings is 1. The van der Waals surface area contributed by atoms with Gasteiger partial charge in [-0.3, -0.25) is 4.79 Å². The second-order valence-corrected chi connectivity index (χ2v) is 2.98. The van der Waals surface area contributed by atoms with E-state index in [1.54, 1.807) is 25.3 Å². The van der Waals surface area contributed by atoms with E-state index in [0.29, 0.717) is 22.2 Å². The van der Waals surface area contributed by atoms with Gasteiger partial charge < -0.3 is 15.5 Å². The number of nitrogens with one attached hydrogen (secondary N) is 1. The van der Waals surface area contributed by atoms with Gasteiger partial charge in [0.1, 0.15) is 5.75 Å². The Labute approximate surface area is 80.3 Å². The van der Waals surface area contributed by atoms with Crippen molar-refractivity contribution in [3.63, 3.8) is 0 Å². The Morgan fingerprint density at radius 2 is 2.14 bits per heavy atom. The molecule has 4 heteroatoms. The van der Waals surface area contributed by atoms with Crippen molar-refractivity contribution in [2.45, 2.75) is 0 Å². The number of aromatic amines is 1. The number of hydrogen-bond acceptors (Lipinski definition) is 3.